The molecule has 2 aromatic rings. The van der Waals surface area contributed by atoms with Gasteiger partial charge in [-0.1, -0.05) is 0 Å². The summed E-state index contributed by atoms with van der Waals surface area (Å²) in [5.41, 5.74) is 0.0993. The second kappa shape index (κ2) is 3.10. The van der Waals surface area contributed by atoms with Crippen LogP contribution in [0.3, 0.4) is 0 Å². The molecule has 13 heavy (non-hydrogen) atoms. The first kappa shape index (κ1) is 8.69. The van der Waals surface area contributed by atoms with Crippen molar-refractivity contribution in [2.24, 2.45) is 0 Å². The molecule has 0 radical (unpaired) electrons. The Kier molecular flexibility index (Phi) is 2.07. The van der Waals surface area contributed by atoms with Gasteiger partial charge in [0.1, 0.15) is 0 Å². The minimum atomic E-state index is -0.414. The van der Waals surface area contributed by atoms with Gasteiger partial charge in [0, 0.05) is 0 Å². The average Bonchev–Trinajstić information content (AvgIpc) is 2.47. The zero-order valence-corrected chi connectivity index (χ0v) is 8.70. The van der Waals surface area contributed by atoms with Crippen molar-refractivity contribution in [1.82, 2.24) is 3.98 Å². The van der Waals surface area contributed by atoms with Gasteiger partial charge in [0.15, 0.2) is 0 Å². The molecule has 1 aromatic heterocycles. The molecule has 0 fully saturated rings. The van der Waals surface area contributed by atoms with Gasteiger partial charge in [-0.05, 0) is 0 Å². The molecular weight excluding hydrogens is 259 g/mol. The first-order valence-corrected chi connectivity index (χ1v) is 5.38. The van der Waals surface area contributed by atoms with Crippen LogP contribution in [0, 0.1) is 10.1 Å². The molecule has 0 saturated carbocycles. The molecule has 66 valence electrons. The van der Waals surface area contributed by atoms with Gasteiger partial charge >= 0.3 is 84.0 Å². The Bertz CT molecular complexity index is 482. The fraction of sp³-hybridized carbons (Fsp3) is 0. The van der Waals surface area contributed by atoms with Crippen molar-refractivity contribution in [1.29, 1.82) is 0 Å². The van der Waals surface area contributed by atoms with Crippen molar-refractivity contribution >= 4 is 41.7 Å². The number of benzene rings is 1. The van der Waals surface area contributed by atoms with E-state index in [1.807, 2.05) is 0 Å². The van der Waals surface area contributed by atoms with Crippen LogP contribution in [0.25, 0.3) is 9.65 Å². The monoisotopic (exact) mass is 262 g/mol. The average molecular weight is 262 g/mol. The summed E-state index contributed by atoms with van der Waals surface area (Å²) in [5, 5.41) is 11.7. The standard InChI is InChI=1S/C7H3ClN2O2Se/c8-7-5-2-1-4(10(11)12)3-6(5)13-9-7/h1-3H. The summed E-state index contributed by atoms with van der Waals surface area (Å²) in [6.07, 6.45) is 0. The molecular formula is C7H3ClN2O2Se. The van der Waals surface area contributed by atoms with Gasteiger partial charge in [-0.3, -0.25) is 0 Å². The Morgan fingerprint density at radius 3 is 3.00 bits per heavy atom. The van der Waals surface area contributed by atoms with E-state index in [0.29, 0.717) is 5.15 Å². The fourth-order valence-electron chi connectivity index (χ4n) is 1.01. The number of rotatable bonds is 1. The van der Waals surface area contributed by atoms with Crippen LogP contribution in [0.1, 0.15) is 0 Å². The summed E-state index contributed by atoms with van der Waals surface area (Å²) in [6, 6.07) is 4.63. The van der Waals surface area contributed by atoms with E-state index in [2.05, 4.69) is 3.98 Å². The minimum absolute atomic E-state index is 0.0988. The Hall–Kier alpha value is -0.901. The quantitative estimate of drug-likeness (QED) is 0.447. The van der Waals surface area contributed by atoms with Gasteiger partial charge in [0.25, 0.3) is 0 Å². The van der Waals surface area contributed by atoms with Gasteiger partial charge in [0.2, 0.25) is 0 Å². The normalized spacial score (nSPS) is 10.5. The molecule has 6 heteroatoms. The Morgan fingerprint density at radius 2 is 2.31 bits per heavy atom. The summed E-state index contributed by atoms with van der Waals surface area (Å²) in [7, 11) is 0. The van der Waals surface area contributed by atoms with Crippen molar-refractivity contribution in [3.8, 4) is 0 Å². The van der Waals surface area contributed by atoms with Crippen LogP contribution in [0.2, 0.25) is 5.15 Å². The van der Waals surface area contributed by atoms with Crippen LogP contribution >= 0.6 is 11.6 Å². The van der Waals surface area contributed by atoms with E-state index in [9.17, 15) is 10.1 Å². The third-order valence-corrected chi connectivity index (χ3v) is 3.83. The zero-order valence-electron chi connectivity index (χ0n) is 6.23. The molecule has 0 aliphatic carbocycles. The van der Waals surface area contributed by atoms with E-state index in [0.717, 1.165) is 9.65 Å². The molecule has 0 aliphatic rings. The summed E-state index contributed by atoms with van der Waals surface area (Å²) >= 11 is 5.67. The van der Waals surface area contributed by atoms with Crippen molar-refractivity contribution < 1.29 is 4.92 Å². The maximum absolute atomic E-state index is 10.4. The number of hydrogen-bond acceptors (Lipinski definition) is 3. The molecule has 1 aromatic carbocycles. The molecule has 1 heterocycles. The number of nitro benzene ring substituents is 1. The van der Waals surface area contributed by atoms with Gasteiger partial charge in [-0.25, -0.2) is 0 Å². The summed E-state index contributed by atoms with van der Waals surface area (Å²) in [4.78, 5) is 10.0. The molecule has 0 aliphatic heterocycles. The van der Waals surface area contributed by atoms with Gasteiger partial charge < -0.3 is 0 Å². The van der Waals surface area contributed by atoms with Crippen LogP contribution < -0.4 is 0 Å². The number of nitro groups is 1. The van der Waals surface area contributed by atoms with E-state index >= 15 is 0 Å². The molecule has 0 unspecified atom stereocenters. The van der Waals surface area contributed by atoms with E-state index in [4.69, 9.17) is 11.6 Å². The second-order valence-corrected chi connectivity index (χ2v) is 4.46. The maximum atomic E-state index is 10.4. The number of fused-ring (bicyclic) bond motifs is 1. The SMILES string of the molecule is O=[N+]([O-])c1ccc2c(Cl)n[se]c2c1. The number of non-ortho nitro benzene ring substituents is 1. The van der Waals surface area contributed by atoms with Crippen LogP contribution in [-0.4, -0.2) is 23.6 Å². The van der Waals surface area contributed by atoms with Gasteiger partial charge in [-0.2, -0.15) is 0 Å². The topological polar surface area (TPSA) is 56.0 Å². The van der Waals surface area contributed by atoms with E-state index in [1.165, 1.54) is 12.1 Å². The molecule has 0 amide bonds. The predicted octanol–water partition coefficient (Wildman–Crippen LogP) is 1.85. The fourth-order valence-corrected chi connectivity index (χ4v) is 2.98. The summed E-state index contributed by atoms with van der Waals surface area (Å²) in [5.74, 6) is 0. The van der Waals surface area contributed by atoms with Crippen molar-refractivity contribution in [3.05, 3.63) is 33.5 Å². The molecule has 0 bridgehead atoms. The van der Waals surface area contributed by atoms with Crippen LogP contribution in [0.4, 0.5) is 5.69 Å². The Balaban J connectivity index is 2.70. The third-order valence-electron chi connectivity index (χ3n) is 1.62. The molecule has 0 atom stereocenters. The second-order valence-electron chi connectivity index (χ2n) is 2.41. The van der Waals surface area contributed by atoms with Crippen molar-refractivity contribution in [2.75, 3.05) is 0 Å². The predicted molar refractivity (Wildman–Crippen MR) is 50.3 cm³/mol. The number of halogens is 1. The number of hydrogen-bond donors (Lipinski definition) is 0. The number of aromatic nitrogens is 1. The zero-order chi connectivity index (χ0) is 9.42. The van der Waals surface area contributed by atoms with E-state index < -0.39 is 4.92 Å². The molecule has 0 saturated heterocycles. The molecule has 0 N–H and O–H groups in total. The van der Waals surface area contributed by atoms with Crippen molar-refractivity contribution in [2.45, 2.75) is 0 Å². The Morgan fingerprint density at radius 1 is 1.54 bits per heavy atom. The number of nitrogens with zero attached hydrogens (tertiary/aromatic N) is 2. The van der Waals surface area contributed by atoms with E-state index in [1.54, 1.807) is 6.07 Å². The first-order valence-electron chi connectivity index (χ1n) is 3.38. The van der Waals surface area contributed by atoms with Crippen LogP contribution in [0.15, 0.2) is 18.2 Å². The van der Waals surface area contributed by atoms with Crippen molar-refractivity contribution in [3.63, 3.8) is 0 Å². The van der Waals surface area contributed by atoms with Gasteiger partial charge in [0.05, 0.1) is 0 Å². The van der Waals surface area contributed by atoms with Gasteiger partial charge in [-0.15, -0.1) is 0 Å². The summed E-state index contributed by atoms with van der Waals surface area (Å²) < 4.78 is 4.91. The Labute approximate surface area is 84.3 Å². The molecule has 4 nitrogen and oxygen atoms in total. The third kappa shape index (κ3) is 1.46. The summed E-state index contributed by atoms with van der Waals surface area (Å²) in [6.45, 7) is 0. The molecule has 2 rings (SSSR count). The van der Waals surface area contributed by atoms with Crippen LogP contribution in [0.5, 0.6) is 0 Å². The van der Waals surface area contributed by atoms with E-state index in [-0.39, 0.29) is 20.4 Å². The van der Waals surface area contributed by atoms with Crippen LogP contribution in [-0.2, 0) is 0 Å². The molecule has 0 spiro atoms. The first-order chi connectivity index (χ1) is 6.18.